The van der Waals surface area contributed by atoms with Crippen LogP contribution in [0.15, 0.2) is 48.5 Å². The van der Waals surface area contributed by atoms with E-state index in [1.807, 2.05) is 18.2 Å². The lowest BCUT2D eigenvalue weighted by atomic mass is 10.2. The quantitative estimate of drug-likeness (QED) is 0.576. The van der Waals surface area contributed by atoms with Gasteiger partial charge in [0, 0.05) is 11.1 Å². The van der Waals surface area contributed by atoms with Crippen LogP contribution in [-0.2, 0) is 0 Å². The zero-order valence-corrected chi connectivity index (χ0v) is 11.3. The van der Waals surface area contributed by atoms with E-state index in [2.05, 4.69) is 15.2 Å². The van der Waals surface area contributed by atoms with E-state index >= 15 is 0 Å². The highest BCUT2D eigenvalue weighted by atomic mass is 16.5. The molecule has 0 atom stereocenters. The Balaban J connectivity index is 1.96. The number of aryl methyl sites for hydroxylation is 1. The van der Waals surface area contributed by atoms with Gasteiger partial charge in [0.05, 0.1) is 5.52 Å². The van der Waals surface area contributed by atoms with Crippen molar-refractivity contribution in [1.82, 2.24) is 15.2 Å². The van der Waals surface area contributed by atoms with Gasteiger partial charge in [-0.25, -0.2) is 4.98 Å². The lowest BCUT2D eigenvalue weighted by Gasteiger charge is -2.13. The second kappa shape index (κ2) is 5.26. The van der Waals surface area contributed by atoms with Gasteiger partial charge in [-0.3, -0.25) is 10.0 Å². The molecule has 3 aromatic rings. The molecule has 0 saturated carbocycles. The number of hydrogen-bond donors (Lipinski definition) is 1. The average molecular weight is 280 g/mol. The summed E-state index contributed by atoms with van der Waals surface area (Å²) in [5, 5.41) is 19.1. The van der Waals surface area contributed by atoms with E-state index in [-0.39, 0.29) is 11.5 Å². The smallest absolute Gasteiger partial charge is 0.279 e. The number of rotatable bonds is 2. The van der Waals surface area contributed by atoms with Crippen molar-refractivity contribution in [1.29, 1.82) is 0 Å². The number of fused-ring (bicyclic) bond motifs is 1. The van der Waals surface area contributed by atoms with Crippen LogP contribution in [0.1, 0.15) is 16.2 Å². The summed E-state index contributed by atoms with van der Waals surface area (Å²) >= 11 is 0. The molecule has 0 aliphatic rings. The van der Waals surface area contributed by atoms with Gasteiger partial charge >= 0.3 is 5.91 Å². The van der Waals surface area contributed by atoms with Crippen molar-refractivity contribution in [3.8, 4) is 0 Å². The molecule has 0 saturated heterocycles. The largest absolute Gasteiger partial charge is 0.303 e. The van der Waals surface area contributed by atoms with Crippen molar-refractivity contribution in [3.63, 3.8) is 0 Å². The second-order valence-corrected chi connectivity index (χ2v) is 4.54. The molecule has 2 heterocycles. The fourth-order valence-electron chi connectivity index (χ4n) is 1.95. The van der Waals surface area contributed by atoms with Crippen LogP contribution in [0.25, 0.3) is 10.9 Å². The third-order valence-electron chi connectivity index (χ3n) is 3.00. The Hall–Kier alpha value is -2.86. The van der Waals surface area contributed by atoms with Crippen LogP contribution in [0.5, 0.6) is 0 Å². The molecule has 21 heavy (non-hydrogen) atoms. The van der Waals surface area contributed by atoms with Gasteiger partial charge in [0.1, 0.15) is 0 Å². The number of hydrogen-bond acceptors (Lipinski definition) is 5. The Kier molecular flexibility index (Phi) is 3.29. The first-order valence-corrected chi connectivity index (χ1v) is 6.34. The zero-order valence-electron chi connectivity index (χ0n) is 11.3. The predicted molar refractivity (Wildman–Crippen MR) is 77.1 cm³/mol. The summed E-state index contributed by atoms with van der Waals surface area (Å²) in [5.41, 5.74) is 1.44. The van der Waals surface area contributed by atoms with Gasteiger partial charge in [0.2, 0.25) is 0 Å². The number of hydroxylamine groups is 1. The van der Waals surface area contributed by atoms with Crippen molar-refractivity contribution in [2.75, 3.05) is 5.06 Å². The molecule has 0 fully saturated rings. The van der Waals surface area contributed by atoms with Gasteiger partial charge in [-0.1, -0.05) is 24.3 Å². The van der Waals surface area contributed by atoms with Gasteiger partial charge < -0.3 is 0 Å². The third kappa shape index (κ3) is 2.56. The summed E-state index contributed by atoms with van der Waals surface area (Å²) in [5.74, 6) is -0.527. The van der Waals surface area contributed by atoms with Crippen molar-refractivity contribution in [2.45, 2.75) is 6.92 Å². The minimum Gasteiger partial charge on any atom is -0.279 e. The molecule has 0 aliphatic carbocycles. The number of amides is 1. The summed E-state index contributed by atoms with van der Waals surface area (Å²) in [4.78, 5) is 16.3. The van der Waals surface area contributed by atoms with Gasteiger partial charge in [-0.15, -0.1) is 10.2 Å². The predicted octanol–water partition coefficient (Wildman–Crippen LogP) is 2.37. The summed E-state index contributed by atoms with van der Waals surface area (Å²) in [7, 11) is 0. The second-order valence-electron chi connectivity index (χ2n) is 4.54. The molecule has 104 valence electrons. The summed E-state index contributed by atoms with van der Waals surface area (Å²) in [6, 6.07) is 13.9. The van der Waals surface area contributed by atoms with Crippen LogP contribution in [0.2, 0.25) is 0 Å². The normalized spacial score (nSPS) is 10.6. The van der Waals surface area contributed by atoms with Crippen molar-refractivity contribution >= 4 is 22.6 Å². The lowest BCUT2D eigenvalue weighted by Crippen LogP contribution is -2.29. The molecule has 0 spiro atoms. The van der Waals surface area contributed by atoms with Crippen molar-refractivity contribution < 1.29 is 10.0 Å². The highest BCUT2D eigenvalue weighted by Gasteiger charge is 2.19. The van der Waals surface area contributed by atoms with Gasteiger partial charge in [-0.2, -0.15) is 5.06 Å². The molecule has 1 N–H and O–H groups in total. The first kappa shape index (κ1) is 13.1. The highest BCUT2D eigenvalue weighted by Crippen LogP contribution is 2.15. The molecule has 0 unspecified atom stereocenters. The van der Waals surface area contributed by atoms with Crippen LogP contribution >= 0.6 is 0 Å². The van der Waals surface area contributed by atoms with Crippen LogP contribution < -0.4 is 5.06 Å². The summed E-state index contributed by atoms with van der Waals surface area (Å²) < 4.78 is 0. The Morgan fingerprint density at radius 1 is 1.10 bits per heavy atom. The number of carbonyl (C=O) groups is 1. The van der Waals surface area contributed by atoms with Gasteiger partial charge in [0.25, 0.3) is 0 Å². The average Bonchev–Trinajstić information content (AvgIpc) is 2.53. The standard InChI is InChI=1S/C15H12N4O2/c1-10-5-4-8-14(16-10)19(21)15(20)13-9-11-6-2-3-7-12(11)17-18-13/h2-9,21H,1H3. The molecule has 6 nitrogen and oxygen atoms in total. The zero-order chi connectivity index (χ0) is 14.8. The Bertz CT molecular complexity index is 819. The minimum absolute atomic E-state index is 0.0551. The fraction of sp³-hybridized carbons (Fsp3) is 0.0667. The number of carbonyl (C=O) groups excluding carboxylic acids is 1. The maximum absolute atomic E-state index is 12.2. The van der Waals surface area contributed by atoms with Crippen LogP contribution in [0, 0.1) is 6.92 Å². The van der Waals surface area contributed by atoms with E-state index in [9.17, 15) is 10.0 Å². The lowest BCUT2D eigenvalue weighted by molar-refractivity contribution is 0.0845. The number of aromatic nitrogens is 3. The SMILES string of the molecule is Cc1cccc(N(O)C(=O)c2cc3ccccc3nn2)n1. The van der Waals surface area contributed by atoms with Crippen LogP contribution in [0.4, 0.5) is 5.82 Å². The monoisotopic (exact) mass is 280 g/mol. The minimum atomic E-state index is -0.675. The van der Waals surface area contributed by atoms with E-state index in [0.29, 0.717) is 16.3 Å². The fourth-order valence-corrected chi connectivity index (χ4v) is 1.95. The molecule has 6 heteroatoms. The first-order valence-electron chi connectivity index (χ1n) is 6.34. The maximum atomic E-state index is 12.2. The molecular formula is C15H12N4O2. The maximum Gasteiger partial charge on any atom is 0.303 e. The molecule has 1 aromatic carbocycles. The molecule has 0 radical (unpaired) electrons. The van der Waals surface area contributed by atoms with E-state index in [0.717, 1.165) is 5.39 Å². The summed E-state index contributed by atoms with van der Waals surface area (Å²) in [6.07, 6.45) is 0. The molecule has 3 rings (SSSR count). The number of benzene rings is 1. The highest BCUT2D eigenvalue weighted by molar-refractivity contribution is 6.03. The Labute approximate surface area is 120 Å². The topological polar surface area (TPSA) is 79.2 Å². The van der Waals surface area contributed by atoms with Gasteiger partial charge in [0.15, 0.2) is 11.5 Å². The molecule has 2 aromatic heterocycles. The molecule has 0 bridgehead atoms. The van der Waals surface area contributed by atoms with E-state index in [4.69, 9.17) is 0 Å². The number of anilines is 1. The Morgan fingerprint density at radius 3 is 2.71 bits per heavy atom. The summed E-state index contributed by atoms with van der Waals surface area (Å²) in [6.45, 7) is 1.78. The van der Waals surface area contributed by atoms with E-state index in [1.165, 1.54) is 0 Å². The van der Waals surface area contributed by atoms with E-state index < -0.39 is 5.91 Å². The van der Waals surface area contributed by atoms with Crippen molar-refractivity contribution in [3.05, 3.63) is 59.9 Å². The Morgan fingerprint density at radius 2 is 1.90 bits per heavy atom. The van der Waals surface area contributed by atoms with Crippen molar-refractivity contribution in [2.24, 2.45) is 0 Å². The molecular weight excluding hydrogens is 268 g/mol. The van der Waals surface area contributed by atoms with E-state index in [1.54, 1.807) is 37.3 Å². The number of pyridine rings is 1. The van der Waals surface area contributed by atoms with Crippen LogP contribution in [-0.4, -0.2) is 26.3 Å². The first-order chi connectivity index (χ1) is 10.1. The third-order valence-corrected chi connectivity index (χ3v) is 3.00. The van der Waals surface area contributed by atoms with Crippen LogP contribution in [0.3, 0.4) is 0 Å². The molecule has 0 aliphatic heterocycles. The van der Waals surface area contributed by atoms with Gasteiger partial charge in [-0.05, 0) is 31.2 Å². The number of nitrogens with zero attached hydrogens (tertiary/aromatic N) is 4. The molecule has 1 amide bonds.